The van der Waals surface area contributed by atoms with Gasteiger partial charge >= 0.3 is 0 Å². The molecule has 2 aromatic carbocycles. The molecule has 0 fully saturated rings. The highest BCUT2D eigenvalue weighted by atomic mass is 19.1. The monoisotopic (exact) mass is 383 g/mol. The number of aromatic nitrogens is 2. The predicted octanol–water partition coefficient (Wildman–Crippen LogP) is 3.28. The fourth-order valence-electron chi connectivity index (χ4n) is 3.42. The molecule has 28 heavy (non-hydrogen) atoms. The van der Waals surface area contributed by atoms with E-state index in [1.807, 2.05) is 35.2 Å². The van der Waals surface area contributed by atoms with Crippen molar-refractivity contribution in [1.29, 1.82) is 0 Å². The van der Waals surface area contributed by atoms with E-state index >= 15 is 0 Å². The molecule has 144 valence electrons. The zero-order valence-electron chi connectivity index (χ0n) is 15.3. The van der Waals surface area contributed by atoms with Gasteiger partial charge in [-0.25, -0.2) is 13.8 Å². The number of hydrogen-bond donors (Lipinski definition) is 1. The molecule has 1 aliphatic rings. The summed E-state index contributed by atoms with van der Waals surface area (Å²) in [5.41, 5.74) is 1.86. The van der Waals surface area contributed by atoms with Crippen LogP contribution in [0.25, 0.3) is 11.4 Å². The number of methoxy groups -OCH3 is 1. The first-order valence-electron chi connectivity index (χ1n) is 8.97. The fourth-order valence-corrected chi connectivity index (χ4v) is 3.42. The second-order valence-corrected chi connectivity index (χ2v) is 6.74. The molecule has 2 heterocycles. The van der Waals surface area contributed by atoms with Gasteiger partial charge in [-0.05, 0) is 0 Å². The van der Waals surface area contributed by atoms with Crippen LogP contribution in [0.2, 0.25) is 0 Å². The van der Waals surface area contributed by atoms with Gasteiger partial charge in [-0.1, -0.05) is 30.3 Å². The minimum atomic E-state index is -0.658. The molecule has 0 aliphatic carbocycles. The number of benzene rings is 2. The van der Waals surface area contributed by atoms with Crippen molar-refractivity contribution in [3.05, 3.63) is 81.3 Å². The van der Waals surface area contributed by atoms with Crippen LogP contribution in [0.1, 0.15) is 16.8 Å². The fraction of sp³-hybridized carbons (Fsp3) is 0.238. The maximum Gasteiger partial charge on any atom is 0.255 e. The van der Waals surface area contributed by atoms with Crippen molar-refractivity contribution in [2.45, 2.75) is 19.5 Å². The Morgan fingerprint density at radius 1 is 1.18 bits per heavy atom. The van der Waals surface area contributed by atoms with Crippen LogP contribution in [0.15, 0.2) is 47.3 Å². The van der Waals surface area contributed by atoms with Crippen molar-refractivity contribution in [2.75, 3.05) is 13.7 Å². The van der Waals surface area contributed by atoms with Crippen molar-refractivity contribution in [3.8, 4) is 17.1 Å². The summed E-state index contributed by atoms with van der Waals surface area (Å²) in [7, 11) is 1.36. The normalized spacial score (nSPS) is 14.0. The number of H-pyrrole nitrogens is 1. The minimum Gasteiger partial charge on any atom is -0.497 e. The van der Waals surface area contributed by atoms with E-state index in [2.05, 4.69) is 9.97 Å². The Kier molecular flexibility index (Phi) is 4.92. The molecule has 0 spiro atoms. The average Bonchev–Trinajstić information content (AvgIpc) is 2.71. The topological polar surface area (TPSA) is 58.2 Å². The first-order chi connectivity index (χ1) is 13.5. The maximum atomic E-state index is 14.2. The Hall–Kier alpha value is -3.06. The molecule has 0 bridgehead atoms. The van der Waals surface area contributed by atoms with Gasteiger partial charge < -0.3 is 9.72 Å². The van der Waals surface area contributed by atoms with Crippen molar-refractivity contribution in [3.63, 3.8) is 0 Å². The summed E-state index contributed by atoms with van der Waals surface area (Å²) in [6, 6.07) is 11.8. The van der Waals surface area contributed by atoms with Crippen LogP contribution in [0.3, 0.4) is 0 Å². The quantitative estimate of drug-likeness (QED) is 0.751. The highest BCUT2D eigenvalue weighted by Crippen LogP contribution is 2.24. The highest BCUT2D eigenvalue weighted by Gasteiger charge is 2.23. The van der Waals surface area contributed by atoms with Gasteiger partial charge in [-0.15, -0.1) is 0 Å². The molecule has 4 rings (SSSR count). The zero-order chi connectivity index (χ0) is 19.7. The summed E-state index contributed by atoms with van der Waals surface area (Å²) in [5.74, 6) is -0.648. The second-order valence-electron chi connectivity index (χ2n) is 6.74. The number of aromatic amines is 1. The van der Waals surface area contributed by atoms with E-state index in [-0.39, 0.29) is 30.0 Å². The summed E-state index contributed by atoms with van der Waals surface area (Å²) >= 11 is 0. The summed E-state index contributed by atoms with van der Waals surface area (Å²) in [6.07, 6.45) is 0.540. The maximum absolute atomic E-state index is 14.2. The Bertz CT molecular complexity index is 1040. The Balaban J connectivity index is 1.58. The summed E-state index contributed by atoms with van der Waals surface area (Å²) in [6.45, 7) is 0.918. The number of hydrogen-bond acceptors (Lipinski definition) is 4. The van der Waals surface area contributed by atoms with Crippen molar-refractivity contribution < 1.29 is 13.5 Å². The minimum absolute atomic E-state index is 0.0328. The van der Waals surface area contributed by atoms with E-state index in [4.69, 9.17) is 4.74 Å². The Morgan fingerprint density at radius 3 is 2.57 bits per heavy atom. The van der Waals surface area contributed by atoms with Gasteiger partial charge in [0.25, 0.3) is 5.56 Å². The van der Waals surface area contributed by atoms with Crippen molar-refractivity contribution >= 4 is 0 Å². The standard InChI is InChI=1S/C21H19F2N3O2/c1-28-14-9-17(22)15(18(23)10-14)11-26-8-7-19-16(12-26)21(27)25-20(24-19)13-5-3-2-4-6-13/h2-6,9-10H,7-8,11-12H2,1H3,(H,24,25,27). The summed E-state index contributed by atoms with van der Waals surface area (Å²) < 4.78 is 33.4. The SMILES string of the molecule is COc1cc(F)c(CN2CCc3nc(-c4ccccc4)[nH]c(=O)c3C2)c(F)c1. The highest BCUT2D eigenvalue weighted by molar-refractivity contribution is 5.54. The van der Waals surface area contributed by atoms with Gasteiger partial charge in [0.05, 0.1) is 18.4 Å². The molecule has 0 radical (unpaired) electrons. The molecule has 0 saturated heterocycles. The number of rotatable bonds is 4. The van der Waals surface area contributed by atoms with Gasteiger partial charge in [-0.2, -0.15) is 0 Å². The van der Waals surface area contributed by atoms with Crippen LogP contribution >= 0.6 is 0 Å². The average molecular weight is 383 g/mol. The third-order valence-electron chi connectivity index (χ3n) is 4.93. The lowest BCUT2D eigenvalue weighted by atomic mass is 10.0. The molecule has 0 amide bonds. The number of halogens is 2. The number of fused-ring (bicyclic) bond motifs is 1. The summed E-state index contributed by atoms with van der Waals surface area (Å²) in [4.78, 5) is 21.8. The smallest absolute Gasteiger partial charge is 0.255 e. The van der Waals surface area contributed by atoms with Crippen molar-refractivity contribution in [2.24, 2.45) is 0 Å². The largest absolute Gasteiger partial charge is 0.497 e. The van der Waals surface area contributed by atoms with Crippen LogP contribution in [0.5, 0.6) is 5.75 Å². The molecule has 3 aromatic rings. The molecule has 5 nitrogen and oxygen atoms in total. The first-order valence-corrected chi connectivity index (χ1v) is 8.97. The first kappa shape index (κ1) is 18.3. The van der Waals surface area contributed by atoms with Gasteiger partial charge in [0.2, 0.25) is 0 Å². The molecule has 0 unspecified atom stereocenters. The third-order valence-corrected chi connectivity index (χ3v) is 4.93. The van der Waals surface area contributed by atoms with Gasteiger partial charge in [0.1, 0.15) is 23.2 Å². The second kappa shape index (κ2) is 7.52. The summed E-state index contributed by atoms with van der Waals surface area (Å²) in [5, 5.41) is 0. The van der Waals surface area contributed by atoms with Gasteiger partial charge in [0.15, 0.2) is 0 Å². The molecule has 1 aliphatic heterocycles. The van der Waals surface area contributed by atoms with Gasteiger partial charge in [0, 0.05) is 49.3 Å². The van der Waals surface area contributed by atoms with Gasteiger partial charge in [-0.3, -0.25) is 9.69 Å². The molecule has 0 atom stereocenters. The lowest BCUT2D eigenvalue weighted by Crippen LogP contribution is -2.35. The van der Waals surface area contributed by atoms with Crippen LogP contribution in [0.4, 0.5) is 8.78 Å². The van der Waals surface area contributed by atoms with E-state index in [0.29, 0.717) is 24.4 Å². The third kappa shape index (κ3) is 3.53. The van der Waals surface area contributed by atoms with E-state index in [1.165, 1.54) is 7.11 Å². The predicted molar refractivity (Wildman–Crippen MR) is 101 cm³/mol. The van der Waals surface area contributed by atoms with E-state index in [0.717, 1.165) is 23.4 Å². The molecule has 1 N–H and O–H groups in total. The Labute approximate surface area is 160 Å². The van der Waals surface area contributed by atoms with Crippen LogP contribution in [-0.4, -0.2) is 28.5 Å². The lowest BCUT2D eigenvalue weighted by molar-refractivity contribution is 0.234. The van der Waals surface area contributed by atoms with Crippen LogP contribution < -0.4 is 10.3 Å². The van der Waals surface area contributed by atoms with Crippen molar-refractivity contribution in [1.82, 2.24) is 14.9 Å². The lowest BCUT2D eigenvalue weighted by Gasteiger charge is -2.28. The van der Waals surface area contributed by atoms with E-state index in [1.54, 1.807) is 0 Å². The molecular formula is C21H19F2N3O2. The van der Waals surface area contributed by atoms with Crippen LogP contribution in [-0.2, 0) is 19.5 Å². The Morgan fingerprint density at radius 2 is 1.89 bits per heavy atom. The number of ether oxygens (including phenoxy) is 1. The molecule has 7 heteroatoms. The molecular weight excluding hydrogens is 364 g/mol. The van der Waals surface area contributed by atoms with E-state index < -0.39 is 11.6 Å². The number of nitrogens with one attached hydrogen (secondary N) is 1. The zero-order valence-corrected chi connectivity index (χ0v) is 15.3. The molecule has 1 aromatic heterocycles. The molecule has 0 saturated carbocycles. The van der Waals surface area contributed by atoms with E-state index in [9.17, 15) is 13.6 Å². The number of nitrogens with zero attached hydrogens (tertiary/aromatic N) is 2. The van der Waals surface area contributed by atoms with Crippen LogP contribution in [0, 0.1) is 11.6 Å².